The first-order valence-corrected chi connectivity index (χ1v) is 12.6. The summed E-state index contributed by atoms with van der Waals surface area (Å²) < 4.78 is 50.1. The van der Waals surface area contributed by atoms with E-state index in [0.29, 0.717) is 29.4 Å². The van der Waals surface area contributed by atoms with Crippen LogP contribution >= 0.6 is 11.3 Å². The van der Waals surface area contributed by atoms with E-state index in [2.05, 4.69) is 29.1 Å². The monoisotopic (exact) mass is 519 g/mol. The van der Waals surface area contributed by atoms with Crippen molar-refractivity contribution >= 4 is 17.2 Å². The lowest BCUT2D eigenvalue weighted by molar-refractivity contribution is -0.141. The summed E-state index contributed by atoms with van der Waals surface area (Å²) in [5, 5.41) is 3.61. The number of pyridine rings is 1. The highest BCUT2D eigenvalue weighted by molar-refractivity contribution is 7.15. The average Bonchev–Trinajstić information content (AvgIpc) is 3.54. The Morgan fingerprint density at radius 3 is 2.61 bits per heavy atom. The number of alkyl halides is 3. The van der Waals surface area contributed by atoms with Crippen molar-refractivity contribution < 1.29 is 27.4 Å². The van der Waals surface area contributed by atoms with Gasteiger partial charge in [0.25, 0.3) is 5.91 Å². The van der Waals surface area contributed by atoms with Gasteiger partial charge in [-0.2, -0.15) is 13.2 Å². The molecule has 2 atom stereocenters. The fourth-order valence-electron chi connectivity index (χ4n) is 3.78. The molecule has 36 heavy (non-hydrogen) atoms. The number of amides is 1. The van der Waals surface area contributed by atoms with Gasteiger partial charge in [0.2, 0.25) is 0 Å². The van der Waals surface area contributed by atoms with Crippen LogP contribution in [0.2, 0.25) is 0 Å². The van der Waals surface area contributed by atoms with Crippen molar-refractivity contribution in [3.8, 4) is 16.3 Å². The Hall–Kier alpha value is -2.98. The Kier molecular flexibility index (Phi) is 7.94. The number of ether oxygens (including phenoxy) is 2. The summed E-state index contributed by atoms with van der Waals surface area (Å²) in [7, 11) is 0. The molecule has 4 rings (SSSR count). The number of hydrogen-bond donors (Lipinski definition) is 1. The van der Waals surface area contributed by atoms with Crippen molar-refractivity contribution in [3.05, 3.63) is 64.4 Å². The number of rotatable bonds is 8. The topological polar surface area (TPSA) is 73.3 Å². The van der Waals surface area contributed by atoms with E-state index in [9.17, 15) is 18.0 Å². The molecule has 0 unspecified atom stereocenters. The van der Waals surface area contributed by atoms with Crippen LogP contribution in [0.15, 0.2) is 42.7 Å². The van der Waals surface area contributed by atoms with Crippen LogP contribution in [0.1, 0.15) is 72.1 Å². The molecule has 1 fully saturated rings. The van der Waals surface area contributed by atoms with Crippen LogP contribution in [-0.2, 0) is 10.9 Å². The van der Waals surface area contributed by atoms with E-state index in [1.165, 1.54) is 6.07 Å². The Balaban J connectivity index is 1.55. The van der Waals surface area contributed by atoms with E-state index < -0.39 is 17.9 Å². The maximum Gasteiger partial charge on any atom is 0.433 e. The Labute approximate surface area is 211 Å². The molecule has 192 valence electrons. The predicted octanol–water partition coefficient (Wildman–Crippen LogP) is 6.40. The number of thiazole rings is 1. The largest absolute Gasteiger partial charge is 0.491 e. The molecule has 1 amide bonds. The van der Waals surface area contributed by atoms with E-state index in [-0.39, 0.29) is 12.0 Å². The van der Waals surface area contributed by atoms with Gasteiger partial charge in [-0.1, -0.05) is 19.9 Å². The average molecular weight is 520 g/mol. The van der Waals surface area contributed by atoms with Crippen molar-refractivity contribution in [2.75, 3.05) is 13.2 Å². The van der Waals surface area contributed by atoms with Gasteiger partial charge in [0, 0.05) is 35.0 Å². The zero-order valence-corrected chi connectivity index (χ0v) is 21.1. The van der Waals surface area contributed by atoms with Gasteiger partial charge in [-0.05, 0) is 55.5 Å². The number of nitrogens with one attached hydrogen (secondary N) is 1. The lowest BCUT2D eigenvalue weighted by Gasteiger charge is -2.17. The second kappa shape index (κ2) is 11.0. The standard InChI is InChI=1S/C26H28F3N3O3S/c1-15(2)22-13-31-25(36-22)19-9-18(10-21(11-19)35-14-20-5-4-8-34-20)24(33)32-16(3)17-6-7-23(30-12-17)26(27,28)29/h6-7,9-13,15-16,20H,4-5,8,14H2,1-3H3,(H,32,33)/t16-,20+/m1/s1. The van der Waals surface area contributed by atoms with Gasteiger partial charge in [0.15, 0.2) is 0 Å². The molecule has 0 saturated carbocycles. The van der Waals surface area contributed by atoms with Gasteiger partial charge in [-0.25, -0.2) is 4.98 Å². The summed E-state index contributed by atoms with van der Waals surface area (Å²) >= 11 is 1.56. The molecule has 1 aliphatic heterocycles. The summed E-state index contributed by atoms with van der Waals surface area (Å²) in [6.45, 7) is 6.98. The SMILES string of the molecule is CC(C)c1cnc(-c2cc(OC[C@@H]3CCCO3)cc(C(=O)N[C@H](C)c3ccc(C(F)(F)F)nc3)c2)s1. The predicted molar refractivity (Wildman–Crippen MR) is 131 cm³/mol. The lowest BCUT2D eigenvalue weighted by atomic mass is 10.1. The molecule has 1 N–H and O–H groups in total. The molecule has 0 spiro atoms. The number of halogens is 3. The molecule has 6 nitrogen and oxygen atoms in total. The Morgan fingerprint density at radius 2 is 2.00 bits per heavy atom. The van der Waals surface area contributed by atoms with Crippen molar-refractivity contribution in [1.82, 2.24) is 15.3 Å². The van der Waals surface area contributed by atoms with Crippen LogP contribution in [0.4, 0.5) is 13.2 Å². The van der Waals surface area contributed by atoms with Crippen molar-refractivity contribution in [3.63, 3.8) is 0 Å². The molecule has 10 heteroatoms. The summed E-state index contributed by atoms with van der Waals surface area (Å²) in [6, 6.07) is 6.93. The summed E-state index contributed by atoms with van der Waals surface area (Å²) in [5.41, 5.74) is 0.604. The maximum atomic E-state index is 13.2. The highest BCUT2D eigenvalue weighted by Gasteiger charge is 2.32. The minimum absolute atomic E-state index is 0.0190. The van der Waals surface area contributed by atoms with Crippen molar-refractivity contribution in [1.29, 1.82) is 0 Å². The van der Waals surface area contributed by atoms with E-state index in [4.69, 9.17) is 9.47 Å². The van der Waals surface area contributed by atoms with Crippen molar-refractivity contribution in [2.24, 2.45) is 0 Å². The fourth-order valence-corrected chi connectivity index (χ4v) is 4.69. The van der Waals surface area contributed by atoms with E-state index >= 15 is 0 Å². The maximum absolute atomic E-state index is 13.2. The molecule has 2 aromatic heterocycles. The molecule has 3 heterocycles. The van der Waals surface area contributed by atoms with Gasteiger partial charge < -0.3 is 14.8 Å². The number of carbonyl (C=O) groups is 1. The van der Waals surface area contributed by atoms with Gasteiger partial charge in [0.05, 0.1) is 12.1 Å². The second-order valence-corrected chi connectivity index (χ2v) is 10.1. The summed E-state index contributed by atoms with van der Waals surface area (Å²) in [6.07, 6.45) is 0.389. The third-order valence-electron chi connectivity index (χ3n) is 5.89. The van der Waals surface area contributed by atoms with Crippen LogP contribution in [0.3, 0.4) is 0 Å². The first-order valence-electron chi connectivity index (χ1n) is 11.8. The molecule has 3 aromatic rings. The van der Waals surface area contributed by atoms with E-state index in [1.807, 2.05) is 12.3 Å². The molecule has 0 radical (unpaired) electrons. The minimum atomic E-state index is -4.52. The highest BCUT2D eigenvalue weighted by atomic mass is 32.1. The number of carbonyl (C=O) groups excluding carboxylic acids is 1. The zero-order valence-electron chi connectivity index (χ0n) is 20.3. The van der Waals surface area contributed by atoms with Crippen LogP contribution in [-0.4, -0.2) is 35.2 Å². The number of aromatic nitrogens is 2. The van der Waals surface area contributed by atoms with Crippen LogP contribution < -0.4 is 10.1 Å². The molecule has 0 aliphatic carbocycles. The fraction of sp³-hybridized carbons (Fsp3) is 0.423. The van der Waals surface area contributed by atoms with E-state index in [0.717, 1.165) is 47.2 Å². The Bertz CT molecular complexity index is 1190. The number of benzene rings is 1. The Morgan fingerprint density at radius 1 is 1.19 bits per heavy atom. The molecule has 1 aromatic carbocycles. The third-order valence-corrected chi connectivity index (χ3v) is 7.24. The van der Waals surface area contributed by atoms with Gasteiger partial charge in [-0.3, -0.25) is 9.78 Å². The quantitative estimate of drug-likeness (QED) is 0.373. The smallest absolute Gasteiger partial charge is 0.433 e. The van der Waals surface area contributed by atoms with E-state index in [1.54, 1.807) is 30.4 Å². The van der Waals surface area contributed by atoms with Gasteiger partial charge >= 0.3 is 6.18 Å². The molecule has 1 aliphatic rings. The third kappa shape index (κ3) is 6.41. The molecular formula is C26H28F3N3O3S. The van der Waals surface area contributed by atoms with Crippen LogP contribution in [0, 0.1) is 0 Å². The second-order valence-electron chi connectivity index (χ2n) is 9.08. The lowest BCUT2D eigenvalue weighted by Crippen LogP contribution is -2.27. The number of nitrogens with zero attached hydrogens (tertiary/aromatic N) is 2. The zero-order chi connectivity index (χ0) is 25.9. The normalized spacial score (nSPS) is 16.8. The van der Waals surface area contributed by atoms with Gasteiger partial charge in [0.1, 0.15) is 23.1 Å². The van der Waals surface area contributed by atoms with Crippen LogP contribution in [0.5, 0.6) is 5.75 Å². The minimum Gasteiger partial charge on any atom is -0.491 e. The molecular weight excluding hydrogens is 491 g/mol. The van der Waals surface area contributed by atoms with Crippen molar-refractivity contribution in [2.45, 2.75) is 57.9 Å². The van der Waals surface area contributed by atoms with Crippen LogP contribution in [0.25, 0.3) is 10.6 Å². The molecule has 0 bridgehead atoms. The van der Waals surface area contributed by atoms with Gasteiger partial charge in [-0.15, -0.1) is 11.3 Å². The first kappa shape index (κ1) is 26.1. The highest BCUT2D eigenvalue weighted by Crippen LogP contribution is 2.33. The molecule has 1 saturated heterocycles. The summed E-state index contributed by atoms with van der Waals surface area (Å²) in [4.78, 5) is 22.3. The first-order chi connectivity index (χ1) is 17.1. The number of hydrogen-bond acceptors (Lipinski definition) is 6. The summed E-state index contributed by atoms with van der Waals surface area (Å²) in [5.74, 6) is 0.473.